The van der Waals surface area contributed by atoms with Gasteiger partial charge in [-0.15, -0.1) is 0 Å². The van der Waals surface area contributed by atoms with Gasteiger partial charge in [-0.3, -0.25) is 14.3 Å². The molecule has 2 atom stereocenters. The highest BCUT2D eigenvalue weighted by atomic mass is 35.5. The van der Waals surface area contributed by atoms with Crippen molar-refractivity contribution in [1.82, 2.24) is 5.32 Å². The van der Waals surface area contributed by atoms with E-state index in [0.29, 0.717) is 22.9 Å². The number of nitrogens with one attached hydrogen (secondary N) is 1. The molecule has 1 aromatic rings. The maximum absolute atomic E-state index is 11.0. The average molecular weight is 305 g/mol. The summed E-state index contributed by atoms with van der Waals surface area (Å²) in [7, 11) is -0.804. The van der Waals surface area contributed by atoms with Crippen LogP contribution >= 0.6 is 11.6 Å². The summed E-state index contributed by atoms with van der Waals surface area (Å²) in [6, 6.07) is 4.57. The zero-order valence-corrected chi connectivity index (χ0v) is 12.5. The molecule has 0 fully saturated rings. The lowest BCUT2D eigenvalue weighted by atomic mass is 10.2. The first-order valence-electron chi connectivity index (χ1n) is 5.86. The molecule has 1 rings (SSSR count). The van der Waals surface area contributed by atoms with Gasteiger partial charge >= 0.3 is 0 Å². The minimum absolute atomic E-state index is 0.0310. The van der Waals surface area contributed by atoms with Gasteiger partial charge in [0, 0.05) is 52.6 Å². The number of halogens is 1. The summed E-state index contributed by atoms with van der Waals surface area (Å²) in [5, 5.41) is 14.4. The van der Waals surface area contributed by atoms with Gasteiger partial charge in [-0.1, -0.05) is 11.6 Å². The lowest BCUT2D eigenvalue weighted by Gasteiger charge is -2.13. The second-order valence-electron chi connectivity index (χ2n) is 4.38. The van der Waals surface area contributed by atoms with Crippen LogP contribution < -0.4 is 5.32 Å². The molecule has 1 aromatic carbocycles. The van der Waals surface area contributed by atoms with Gasteiger partial charge in [0.25, 0.3) is 5.69 Å². The highest BCUT2D eigenvalue weighted by Crippen LogP contribution is 2.22. The van der Waals surface area contributed by atoms with Gasteiger partial charge in [0.15, 0.2) is 0 Å². The van der Waals surface area contributed by atoms with Crippen molar-refractivity contribution in [3.63, 3.8) is 0 Å². The van der Waals surface area contributed by atoms with Crippen molar-refractivity contribution in [3.05, 3.63) is 38.9 Å². The topological polar surface area (TPSA) is 72.2 Å². The average Bonchev–Trinajstić information content (AvgIpc) is 2.35. The maximum Gasteiger partial charge on any atom is 0.269 e. The summed E-state index contributed by atoms with van der Waals surface area (Å²) in [5.74, 6) is 0.636. The van der Waals surface area contributed by atoms with Crippen LogP contribution in [0.15, 0.2) is 18.2 Å². The number of non-ortho nitro benzene ring substituents is 1. The third-order valence-electron chi connectivity index (χ3n) is 2.72. The molecule has 0 heterocycles. The summed E-state index contributed by atoms with van der Waals surface area (Å²) < 4.78 is 11.0. The van der Waals surface area contributed by atoms with E-state index in [1.54, 1.807) is 6.26 Å². The van der Waals surface area contributed by atoms with Gasteiger partial charge in [-0.25, -0.2) is 0 Å². The van der Waals surface area contributed by atoms with Crippen molar-refractivity contribution in [2.24, 2.45) is 0 Å². The molecule has 1 N–H and O–H groups in total. The fourth-order valence-corrected chi connectivity index (χ4v) is 2.41. The molecule has 0 saturated carbocycles. The Morgan fingerprint density at radius 2 is 2.21 bits per heavy atom. The van der Waals surface area contributed by atoms with E-state index < -0.39 is 15.7 Å². The first-order valence-corrected chi connectivity index (χ1v) is 7.97. The van der Waals surface area contributed by atoms with Crippen molar-refractivity contribution >= 4 is 28.1 Å². The van der Waals surface area contributed by atoms with Crippen molar-refractivity contribution in [1.29, 1.82) is 0 Å². The van der Waals surface area contributed by atoms with Crippen LogP contribution in [0.25, 0.3) is 0 Å². The Morgan fingerprint density at radius 3 is 2.79 bits per heavy atom. The number of nitrogens with zero attached hydrogens (tertiary/aromatic N) is 1. The monoisotopic (exact) mass is 304 g/mol. The first kappa shape index (κ1) is 16.1. The molecular weight excluding hydrogens is 288 g/mol. The molecule has 0 spiro atoms. The molecule has 7 heteroatoms. The van der Waals surface area contributed by atoms with Crippen molar-refractivity contribution in [2.75, 3.05) is 12.0 Å². The van der Waals surface area contributed by atoms with Crippen LogP contribution in [0.4, 0.5) is 5.69 Å². The standard InChI is InChI=1S/C12H17ClN2O3S/c1-9(5-6-19(2)18)14-8-10-7-11(15(16)17)3-4-12(10)13/h3-4,7,9,14H,5-6,8H2,1-2H3. The minimum Gasteiger partial charge on any atom is -0.310 e. The highest BCUT2D eigenvalue weighted by Gasteiger charge is 2.10. The molecule has 0 aliphatic rings. The fraction of sp³-hybridized carbons (Fsp3) is 0.500. The van der Waals surface area contributed by atoms with Crippen LogP contribution in [-0.4, -0.2) is 27.2 Å². The molecule has 0 aliphatic carbocycles. The van der Waals surface area contributed by atoms with E-state index in [1.165, 1.54) is 18.2 Å². The molecule has 0 aliphatic heterocycles. The molecule has 19 heavy (non-hydrogen) atoms. The Bertz CT molecular complexity index is 482. The molecule has 0 radical (unpaired) electrons. The van der Waals surface area contributed by atoms with Crippen LogP contribution in [-0.2, 0) is 17.3 Å². The molecular formula is C12H17ClN2O3S. The van der Waals surface area contributed by atoms with Gasteiger partial charge in [-0.2, -0.15) is 0 Å². The Labute approximate surface area is 120 Å². The predicted molar refractivity (Wildman–Crippen MR) is 78.0 cm³/mol. The number of benzene rings is 1. The molecule has 0 aromatic heterocycles. The van der Waals surface area contributed by atoms with Gasteiger partial charge in [0.05, 0.1) is 4.92 Å². The number of rotatable bonds is 7. The van der Waals surface area contributed by atoms with E-state index in [9.17, 15) is 14.3 Å². The fourth-order valence-electron chi connectivity index (χ4n) is 1.54. The van der Waals surface area contributed by atoms with E-state index in [1.807, 2.05) is 6.92 Å². The smallest absolute Gasteiger partial charge is 0.269 e. The lowest BCUT2D eigenvalue weighted by molar-refractivity contribution is -0.384. The van der Waals surface area contributed by atoms with Crippen LogP contribution in [0.3, 0.4) is 0 Å². The Hall–Kier alpha value is -0.980. The quantitative estimate of drug-likeness (QED) is 0.620. The second-order valence-corrected chi connectivity index (χ2v) is 6.34. The summed E-state index contributed by atoms with van der Waals surface area (Å²) >= 11 is 6.00. The van der Waals surface area contributed by atoms with E-state index in [4.69, 9.17) is 11.6 Å². The minimum atomic E-state index is -0.804. The van der Waals surface area contributed by atoms with E-state index in [0.717, 1.165) is 6.42 Å². The SMILES string of the molecule is CC(CCS(C)=O)NCc1cc([N+](=O)[O-])ccc1Cl. The molecule has 5 nitrogen and oxygen atoms in total. The summed E-state index contributed by atoms with van der Waals surface area (Å²) in [6.45, 7) is 2.44. The summed E-state index contributed by atoms with van der Waals surface area (Å²) in [5.41, 5.74) is 0.726. The Balaban J connectivity index is 2.59. The molecule has 0 saturated heterocycles. The first-order chi connectivity index (χ1) is 8.90. The molecule has 106 valence electrons. The van der Waals surface area contributed by atoms with Gasteiger partial charge < -0.3 is 5.32 Å². The Kier molecular flexibility index (Phi) is 6.41. The summed E-state index contributed by atoms with van der Waals surface area (Å²) in [6.07, 6.45) is 2.46. The zero-order valence-electron chi connectivity index (χ0n) is 10.9. The lowest BCUT2D eigenvalue weighted by Crippen LogP contribution is -2.27. The zero-order chi connectivity index (χ0) is 14.4. The summed E-state index contributed by atoms with van der Waals surface area (Å²) in [4.78, 5) is 10.2. The van der Waals surface area contributed by atoms with E-state index in [-0.39, 0.29) is 11.7 Å². The number of hydrogen-bond acceptors (Lipinski definition) is 4. The van der Waals surface area contributed by atoms with Crippen molar-refractivity contribution in [3.8, 4) is 0 Å². The normalized spacial score (nSPS) is 14.1. The molecule has 0 amide bonds. The molecule has 2 unspecified atom stereocenters. The largest absolute Gasteiger partial charge is 0.310 e. The number of nitro benzene ring substituents is 1. The van der Waals surface area contributed by atoms with Gasteiger partial charge in [-0.05, 0) is 25.0 Å². The predicted octanol–water partition coefficient (Wildman–Crippen LogP) is 2.49. The van der Waals surface area contributed by atoms with Gasteiger partial charge in [0.2, 0.25) is 0 Å². The highest BCUT2D eigenvalue weighted by molar-refractivity contribution is 7.84. The van der Waals surface area contributed by atoms with E-state index in [2.05, 4.69) is 5.32 Å². The second kappa shape index (κ2) is 7.57. The van der Waals surface area contributed by atoms with Crippen LogP contribution in [0, 0.1) is 10.1 Å². The number of hydrogen-bond donors (Lipinski definition) is 1. The molecule has 0 bridgehead atoms. The van der Waals surface area contributed by atoms with Crippen LogP contribution in [0.2, 0.25) is 5.02 Å². The maximum atomic E-state index is 11.0. The third-order valence-corrected chi connectivity index (χ3v) is 3.90. The van der Waals surface area contributed by atoms with Gasteiger partial charge in [0.1, 0.15) is 0 Å². The van der Waals surface area contributed by atoms with E-state index >= 15 is 0 Å². The third kappa shape index (κ3) is 5.67. The van der Waals surface area contributed by atoms with Crippen LogP contribution in [0.5, 0.6) is 0 Å². The van der Waals surface area contributed by atoms with Crippen LogP contribution in [0.1, 0.15) is 18.9 Å². The number of nitro groups is 1. The Morgan fingerprint density at radius 1 is 1.53 bits per heavy atom. The van der Waals surface area contributed by atoms with Crippen molar-refractivity contribution in [2.45, 2.75) is 25.9 Å². The van der Waals surface area contributed by atoms with Crippen molar-refractivity contribution < 1.29 is 9.13 Å².